The van der Waals surface area contributed by atoms with Gasteiger partial charge >= 0.3 is 18.0 Å². The highest BCUT2D eigenvalue weighted by Crippen LogP contribution is 2.44. The second-order valence-corrected chi connectivity index (χ2v) is 11.1. The Balaban J connectivity index is 1.47. The fraction of sp³-hybridized carbons (Fsp3) is 0.483. The first-order chi connectivity index (χ1) is 17.8. The molecule has 0 bridgehead atoms. The van der Waals surface area contributed by atoms with Gasteiger partial charge in [0.25, 0.3) is 0 Å². The lowest BCUT2D eigenvalue weighted by Crippen LogP contribution is -2.50. The van der Waals surface area contributed by atoms with Crippen molar-refractivity contribution < 1.29 is 38.4 Å². The highest BCUT2D eigenvalue weighted by Gasteiger charge is 2.49. The highest BCUT2D eigenvalue weighted by atomic mass is 16.8. The Labute approximate surface area is 222 Å². The summed E-state index contributed by atoms with van der Waals surface area (Å²) in [4.78, 5) is 37.3. The van der Waals surface area contributed by atoms with Gasteiger partial charge in [-0.05, 0) is 63.3 Å². The Morgan fingerprint density at radius 3 is 2.13 bits per heavy atom. The zero-order chi connectivity index (χ0) is 27.7. The Morgan fingerprint density at radius 2 is 1.58 bits per heavy atom. The Kier molecular flexibility index (Phi) is 7.80. The van der Waals surface area contributed by atoms with E-state index in [2.05, 4.69) is 5.32 Å². The van der Waals surface area contributed by atoms with Crippen LogP contribution in [0.15, 0.2) is 48.5 Å². The van der Waals surface area contributed by atoms with Crippen molar-refractivity contribution in [2.45, 2.75) is 83.0 Å². The van der Waals surface area contributed by atoms with Gasteiger partial charge in [0, 0.05) is 12.3 Å². The second kappa shape index (κ2) is 10.7. The van der Waals surface area contributed by atoms with Crippen molar-refractivity contribution in [1.82, 2.24) is 5.32 Å². The van der Waals surface area contributed by atoms with Crippen LogP contribution in [0, 0.1) is 0 Å². The van der Waals surface area contributed by atoms with E-state index in [1.54, 1.807) is 34.6 Å². The van der Waals surface area contributed by atoms with Crippen LogP contribution in [-0.2, 0) is 28.5 Å². The van der Waals surface area contributed by atoms with Crippen LogP contribution < -0.4 is 5.32 Å². The van der Waals surface area contributed by atoms with Gasteiger partial charge in [-0.1, -0.05) is 48.5 Å². The second-order valence-electron chi connectivity index (χ2n) is 11.1. The monoisotopic (exact) mass is 525 g/mol. The van der Waals surface area contributed by atoms with E-state index in [0.717, 1.165) is 22.3 Å². The first kappa shape index (κ1) is 27.6. The predicted molar refractivity (Wildman–Crippen MR) is 139 cm³/mol. The molecule has 0 aromatic heterocycles. The van der Waals surface area contributed by atoms with Gasteiger partial charge in [-0.25, -0.2) is 9.59 Å². The first-order valence-corrected chi connectivity index (χ1v) is 12.8. The van der Waals surface area contributed by atoms with E-state index in [9.17, 15) is 19.5 Å². The number of rotatable bonds is 8. The number of alkyl carbamates (subject to hydrolysis) is 1. The molecular formula is C29H35NO8. The average Bonchev–Trinajstić information content (AvgIpc) is 3.33. The van der Waals surface area contributed by atoms with Gasteiger partial charge < -0.3 is 29.4 Å². The standard InChI is InChI=1S/C29H35NO8/c1-28(2,3)36-23(31)15-14-22(24-25(26(32)33)38-29(4,5)37-24)30-27(34)35-16-21-19-12-8-6-10-17(19)18-11-7-9-13-20(18)21/h6-13,21-22,24-25H,14-16H2,1-5H3,(H,30,34)(H,32,33)/t22-,24+,25+/m0/s1. The van der Waals surface area contributed by atoms with E-state index in [0.29, 0.717) is 0 Å². The lowest BCUT2D eigenvalue weighted by atomic mass is 9.98. The average molecular weight is 526 g/mol. The third-order valence-electron chi connectivity index (χ3n) is 6.50. The maximum absolute atomic E-state index is 13.0. The van der Waals surface area contributed by atoms with Gasteiger partial charge in [-0.3, -0.25) is 4.79 Å². The smallest absolute Gasteiger partial charge is 0.407 e. The molecule has 9 heteroatoms. The molecule has 1 saturated heterocycles. The lowest BCUT2D eigenvalue weighted by molar-refractivity contribution is -0.166. The minimum atomic E-state index is -1.33. The summed E-state index contributed by atoms with van der Waals surface area (Å²) in [5.41, 5.74) is 3.68. The van der Waals surface area contributed by atoms with Gasteiger partial charge in [0.1, 0.15) is 18.3 Å². The van der Waals surface area contributed by atoms with Crippen LogP contribution in [0.5, 0.6) is 0 Å². The Morgan fingerprint density at radius 1 is 1.00 bits per heavy atom. The number of hydrogen-bond acceptors (Lipinski definition) is 7. The maximum atomic E-state index is 13.0. The van der Waals surface area contributed by atoms with Crippen LogP contribution in [0.1, 0.15) is 64.5 Å². The minimum absolute atomic E-state index is 0.0573. The van der Waals surface area contributed by atoms with Crippen LogP contribution in [0.2, 0.25) is 0 Å². The SMILES string of the molecule is CC(C)(C)OC(=O)CC[C@H](NC(=O)OCC1c2ccccc2-c2ccccc21)[C@H]1OC(C)(C)O[C@H]1C(=O)O. The largest absolute Gasteiger partial charge is 0.479 e. The van der Waals surface area contributed by atoms with Gasteiger partial charge in [-0.15, -0.1) is 0 Å². The predicted octanol–water partition coefficient (Wildman–Crippen LogP) is 4.62. The first-order valence-electron chi connectivity index (χ1n) is 12.8. The molecule has 1 heterocycles. The maximum Gasteiger partial charge on any atom is 0.407 e. The number of nitrogens with one attached hydrogen (secondary N) is 1. The van der Waals surface area contributed by atoms with E-state index in [1.165, 1.54) is 0 Å². The summed E-state index contributed by atoms with van der Waals surface area (Å²) < 4.78 is 22.5. The molecule has 2 aromatic carbocycles. The number of fused-ring (bicyclic) bond motifs is 3. The summed E-state index contributed by atoms with van der Waals surface area (Å²) in [5, 5.41) is 12.5. The van der Waals surface area contributed by atoms with Crippen LogP contribution in [0.4, 0.5) is 4.79 Å². The topological polar surface area (TPSA) is 120 Å². The summed E-state index contributed by atoms with van der Waals surface area (Å²) in [6.07, 6.45) is -3.09. The number of carbonyl (C=O) groups excluding carboxylic acids is 2. The fourth-order valence-electron chi connectivity index (χ4n) is 5.05. The molecule has 0 unspecified atom stereocenters. The van der Waals surface area contributed by atoms with E-state index in [-0.39, 0.29) is 25.4 Å². The molecule has 1 fully saturated rings. The number of carbonyl (C=O) groups is 3. The summed E-state index contributed by atoms with van der Waals surface area (Å²) in [6, 6.07) is 15.1. The van der Waals surface area contributed by atoms with Crippen LogP contribution >= 0.6 is 0 Å². The summed E-state index contributed by atoms with van der Waals surface area (Å²) >= 11 is 0. The summed E-state index contributed by atoms with van der Waals surface area (Å²) in [7, 11) is 0. The zero-order valence-corrected chi connectivity index (χ0v) is 22.4. The molecule has 1 aliphatic carbocycles. The molecule has 2 aliphatic rings. The minimum Gasteiger partial charge on any atom is -0.479 e. The summed E-state index contributed by atoms with van der Waals surface area (Å²) in [6.45, 7) is 8.56. The van der Waals surface area contributed by atoms with Crippen LogP contribution in [0.3, 0.4) is 0 Å². The molecule has 0 saturated carbocycles. The third-order valence-corrected chi connectivity index (χ3v) is 6.50. The zero-order valence-electron chi connectivity index (χ0n) is 22.4. The molecule has 38 heavy (non-hydrogen) atoms. The third kappa shape index (κ3) is 6.34. The van der Waals surface area contributed by atoms with Crippen LogP contribution in [-0.4, -0.2) is 59.4 Å². The number of aliphatic carboxylic acids is 1. The Bertz CT molecular complexity index is 1160. The Hall–Kier alpha value is -3.43. The summed E-state index contributed by atoms with van der Waals surface area (Å²) in [5.74, 6) is -3.01. The number of benzene rings is 2. The number of carboxylic acids is 1. The molecule has 1 amide bonds. The highest BCUT2D eigenvalue weighted by molar-refractivity contribution is 5.79. The van der Waals surface area contributed by atoms with Crippen molar-refractivity contribution in [1.29, 1.82) is 0 Å². The lowest BCUT2D eigenvalue weighted by Gasteiger charge is -2.27. The van der Waals surface area contributed by atoms with Crippen molar-refractivity contribution in [3.63, 3.8) is 0 Å². The van der Waals surface area contributed by atoms with E-state index < -0.39 is 47.7 Å². The number of ether oxygens (including phenoxy) is 4. The quantitative estimate of drug-likeness (QED) is 0.479. The number of esters is 1. The molecule has 2 aromatic rings. The van der Waals surface area contributed by atoms with Gasteiger partial charge in [0.15, 0.2) is 11.9 Å². The molecule has 1 aliphatic heterocycles. The van der Waals surface area contributed by atoms with Crippen molar-refractivity contribution in [3.05, 3.63) is 59.7 Å². The van der Waals surface area contributed by atoms with Crippen molar-refractivity contribution in [2.24, 2.45) is 0 Å². The number of carboxylic acid groups (broad SMARTS) is 1. The van der Waals surface area contributed by atoms with Crippen molar-refractivity contribution in [3.8, 4) is 11.1 Å². The van der Waals surface area contributed by atoms with Gasteiger partial charge in [-0.2, -0.15) is 0 Å². The molecule has 0 spiro atoms. The molecule has 204 valence electrons. The van der Waals surface area contributed by atoms with E-state index in [4.69, 9.17) is 18.9 Å². The van der Waals surface area contributed by atoms with Crippen molar-refractivity contribution in [2.75, 3.05) is 6.61 Å². The van der Waals surface area contributed by atoms with Crippen molar-refractivity contribution >= 4 is 18.0 Å². The van der Waals surface area contributed by atoms with E-state index in [1.807, 2.05) is 48.5 Å². The number of hydrogen-bond donors (Lipinski definition) is 2. The molecule has 9 nitrogen and oxygen atoms in total. The van der Waals surface area contributed by atoms with Crippen LogP contribution in [0.25, 0.3) is 11.1 Å². The molecule has 0 radical (unpaired) electrons. The fourth-order valence-corrected chi connectivity index (χ4v) is 5.05. The van der Waals surface area contributed by atoms with Gasteiger partial charge in [0.2, 0.25) is 0 Å². The normalized spacial score (nSPS) is 20.8. The molecule has 3 atom stereocenters. The van der Waals surface area contributed by atoms with Gasteiger partial charge in [0.05, 0.1) is 6.04 Å². The number of amides is 1. The molecule has 2 N–H and O–H groups in total. The van der Waals surface area contributed by atoms with E-state index >= 15 is 0 Å². The molecular weight excluding hydrogens is 490 g/mol. The molecule has 4 rings (SSSR count).